The number of piperidine rings is 1. The van der Waals surface area contributed by atoms with Crippen LogP contribution in [0.2, 0.25) is 5.02 Å². The molecule has 2 heterocycles. The largest absolute Gasteiger partial charge is 0.489 e. The molecule has 1 aliphatic rings. The van der Waals surface area contributed by atoms with Crippen LogP contribution in [-0.2, 0) is 13.2 Å². The zero-order chi connectivity index (χ0) is 18.2. The Balaban J connectivity index is 1.55. The molecule has 1 aromatic carbocycles. The van der Waals surface area contributed by atoms with Gasteiger partial charge in [0.1, 0.15) is 12.4 Å². The Morgan fingerprint density at radius 3 is 2.88 bits per heavy atom. The summed E-state index contributed by atoms with van der Waals surface area (Å²) in [7, 11) is 0. The summed E-state index contributed by atoms with van der Waals surface area (Å²) in [5.74, 6) is 0.870. The van der Waals surface area contributed by atoms with Crippen molar-refractivity contribution in [2.75, 3.05) is 19.6 Å². The van der Waals surface area contributed by atoms with E-state index in [1.54, 1.807) is 6.20 Å². The number of pyridine rings is 1. The Morgan fingerprint density at radius 1 is 1.31 bits per heavy atom. The molecule has 0 aliphatic carbocycles. The summed E-state index contributed by atoms with van der Waals surface area (Å²) in [6, 6.07) is 10.3. The predicted molar refractivity (Wildman–Crippen MR) is 107 cm³/mol. The topological polar surface area (TPSA) is 37.4 Å². The van der Waals surface area contributed by atoms with Gasteiger partial charge in [0.05, 0.1) is 0 Å². The molecule has 138 valence electrons. The van der Waals surface area contributed by atoms with Gasteiger partial charge >= 0.3 is 0 Å². The number of nitrogens with one attached hydrogen (secondary N) is 1. The van der Waals surface area contributed by atoms with Crippen LogP contribution >= 0.6 is 11.6 Å². The van der Waals surface area contributed by atoms with Crippen LogP contribution in [0.1, 0.15) is 24.0 Å². The van der Waals surface area contributed by atoms with Crippen LogP contribution in [0, 0.1) is 0 Å². The van der Waals surface area contributed by atoms with Crippen LogP contribution in [0.5, 0.6) is 5.75 Å². The number of ether oxygens (including phenoxy) is 1. The van der Waals surface area contributed by atoms with Crippen molar-refractivity contribution < 1.29 is 4.74 Å². The summed E-state index contributed by atoms with van der Waals surface area (Å²) in [6.07, 6.45) is 7.87. The molecule has 0 unspecified atom stereocenters. The van der Waals surface area contributed by atoms with Crippen LogP contribution in [0.25, 0.3) is 0 Å². The Labute approximate surface area is 160 Å². The Morgan fingerprint density at radius 2 is 2.15 bits per heavy atom. The molecule has 3 rings (SSSR count). The van der Waals surface area contributed by atoms with Crippen LogP contribution in [0.4, 0.5) is 0 Å². The normalized spacial score (nSPS) is 15.7. The number of halogens is 1. The first-order valence-electron chi connectivity index (χ1n) is 9.11. The predicted octanol–water partition coefficient (Wildman–Crippen LogP) is 4.05. The lowest BCUT2D eigenvalue weighted by molar-refractivity contribution is 0.214. The molecule has 1 saturated heterocycles. The molecule has 1 aliphatic heterocycles. The Kier molecular flexibility index (Phi) is 7.06. The molecule has 0 saturated carbocycles. The zero-order valence-corrected chi connectivity index (χ0v) is 15.8. The average molecular weight is 372 g/mol. The maximum absolute atomic E-state index is 6.20. The van der Waals surface area contributed by atoms with Gasteiger partial charge < -0.3 is 10.1 Å². The van der Waals surface area contributed by atoms with E-state index in [2.05, 4.69) is 21.8 Å². The van der Waals surface area contributed by atoms with E-state index in [1.165, 1.54) is 0 Å². The number of benzene rings is 1. The summed E-state index contributed by atoms with van der Waals surface area (Å²) in [5.41, 5.74) is 2.14. The molecule has 0 spiro atoms. The van der Waals surface area contributed by atoms with Gasteiger partial charge in [-0.2, -0.15) is 0 Å². The highest BCUT2D eigenvalue weighted by atomic mass is 35.5. The van der Waals surface area contributed by atoms with Crippen molar-refractivity contribution in [2.24, 2.45) is 0 Å². The molecular formula is C21H26ClN3O. The maximum Gasteiger partial charge on any atom is 0.124 e. The summed E-state index contributed by atoms with van der Waals surface area (Å²) in [4.78, 5) is 6.56. The van der Waals surface area contributed by atoms with Gasteiger partial charge in [-0.3, -0.25) is 9.88 Å². The molecule has 0 atom stereocenters. The average Bonchev–Trinajstić information content (AvgIpc) is 2.68. The third kappa shape index (κ3) is 5.56. The minimum Gasteiger partial charge on any atom is -0.489 e. The third-order valence-electron chi connectivity index (χ3n) is 4.70. The van der Waals surface area contributed by atoms with E-state index >= 15 is 0 Å². The highest BCUT2D eigenvalue weighted by molar-refractivity contribution is 6.30. The standard InChI is InChI=1S/C21H26ClN3O/c1-2-10-25-11-7-20(8-12-25)24-15-18-13-19(22)5-6-21(18)26-16-17-4-3-9-23-14-17/h2-6,9,13-14,20,24H,1,7-8,10-12,15-16H2. The van der Waals surface area contributed by atoms with E-state index in [9.17, 15) is 0 Å². The summed E-state index contributed by atoms with van der Waals surface area (Å²) in [6.45, 7) is 8.29. The molecule has 1 aromatic heterocycles. The second-order valence-electron chi connectivity index (χ2n) is 6.65. The molecule has 26 heavy (non-hydrogen) atoms. The van der Waals surface area contributed by atoms with Gasteiger partial charge in [-0.05, 0) is 50.2 Å². The molecule has 2 aromatic rings. The number of hydrogen-bond donors (Lipinski definition) is 1. The molecule has 0 bridgehead atoms. The molecule has 1 fully saturated rings. The SMILES string of the molecule is C=CCN1CCC(NCc2cc(Cl)ccc2OCc2cccnc2)CC1. The minimum absolute atomic E-state index is 0.502. The molecule has 0 radical (unpaired) electrons. The quantitative estimate of drug-likeness (QED) is 0.710. The molecule has 1 N–H and O–H groups in total. The van der Waals surface area contributed by atoms with E-state index in [0.29, 0.717) is 12.6 Å². The van der Waals surface area contributed by atoms with E-state index in [4.69, 9.17) is 16.3 Å². The highest BCUT2D eigenvalue weighted by Gasteiger charge is 2.18. The highest BCUT2D eigenvalue weighted by Crippen LogP contribution is 2.24. The van der Waals surface area contributed by atoms with Crippen molar-refractivity contribution in [2.45, 2.75) is 32.0 Å². The van der Waals surface area contributed by atoms with Gasteiger partial charge in [0.2, 0.25) is 0 Å². The summed E-state index contributed by atoms with van der Waals surface area (Å²) >= 11 is 6.20. The fourth-order valence-corrected chi connectivity index (χ4v) is 3.42. The first kappa shape index (κ1) is 18.9. The van der Waals surface area contributed by atoms with Crippen LogP contribution in [0.15, 0.2) is 55.4 Å². The van der Waals surface area contributed by atoms with E-state index in [-0.39, 0.29) is 0 Å². The lowest BCUT2D eigenvalue weighted by Gasteiger charge is -2.31. The van der Waals surface area contributed by atoms with Crippen molar-refractivity contribution in [3.63, 3.8) is 0 Å². The van der Waals surface area contributed by atoms with Crippen molar-refractivity contribution in [3.8, 4) is 5.75 Å². The van der Waals surface area contributed by atoms with Crippen molar-refractivity contribution in [1.82, 2.24) is 15.2 Å². The number of hydrogen-bond acceptors (Lipinski definition) is 4. The van der Waals surface area contributed by atoms with Gasteiger partial charge in [0.15, 0.2) is 0 Å². The third-order valence-corrected chi connectivity index (χ3v) is 4.93. The Hall–Kier alpha value is -1.88. The summed E-state index contributed by atoms with van der Waals surface area (Å²) in [5, 5.41) is 4.40. The molecule has 5 heteroatoms. The first-order valence-corrected chi connectivity index (χ1v) is 9.49. The van der Waals surface area contributed by atoms with Crippen LogP contribution in [0.3, 0.4) is 0 Å². The fourth-order valence-electron chi connectivity index (χ4n) is 3.23. The minimum atomic E-state index is 0.502. The second kappa shape index (κ2) is 9.72. The van der Waals surface area contributed by atoms with Crippen molar-refractivity contribution in [1.29, 1.82) is 0 Å². The number of rotatable bonds is 8. The van der Waals surface area contributed by atoms with Crippen LogP contribution in [-0.4, -0.2) is 35.6 Å². The monoisotopic (exact) mass is 371 g/mol. The first-order chi connectivity index (χ1) is 12.7. The molecule has 4 nitrogen and oxygen atoms in total. The number of nitrogens with zero attached hydrogens (tertiary/aromatic N) is 2. The zero-order valence-electron chi connectivity index (χ0n) is 15.0. The molecule has 0 amide bonds. The fraction of sp³-hybridized carbons (Fsp3) is 0.381. The van der Waals surface area contributed by atoms with Gasteiger partial charge in [-0.1, -0.05) is 23.7 Å². The lowest BCUT2D eigenvalue weighted by atomic mass is 10.0. The Bertz CT molecular complexity index is 700. The summed E-state index contributed by atoms with van der Waals surface area (Å²) < 4.78 is 6.01. The van der Waals surface area contributed by atoms with E-state index in [1.807, 2.05) is 42.6 Å². The second-order valence-corrected chi connectivity index (χ2v) is 7.08. The smallest absolute Gasteiger partial charge is 0.124 e. The molecular weight excluding hydrogens is 346 g/mol. The van der Waals surface area contributed by atoms with Crippen LogP contribution < -0.4 is 10.1 Å². The number of likely N-dealkylation sites (tertiary alicyclic amines) is 1. The van der Waals surface area contributed by atoms with Gasteiger partial charge in [-0.25, -0.2) is 0 Å². The van der Waals surface area contributed by atoms with Gasteiger partial charge in [0, 0.05) is 47.7 Å². The van der Waals surface area contributed by atoms with Crippen molar-refractivity contribution >= 4 is 11.6 Å². The number of aromatic nitrogens is 1. The lowest BCUT2D eigenvalue weighted by Crippen LogP contribution is -2.42. The van der Waals surface area contributed by atoms with E-state index < -0.39 is 0 Å². The van der Waals surface area contributed by atoms with E-state index in [0.717, 1.165) is 60.9 Å². The maximum atomic E-state index is 6.20. The van der Waals surface area contributed by atoms with Gasteiger partial charge in [0.25, 0.3) is 0 Å². The van der Waals surface area contributed by atoms with Crippen molar-refractivity contribution in [3.05, 3.63) is 71.5 Å². The van der Waals surface area contributed by atoms with Gasteiger partial charge in [-0.15, -0.1) is 6.58 Å².